The van der Waals surface area contributed by atoms with Gasteiger partial charge in [0.25, 0.3) is 0 Å². The average Bonchev–Trinajstić information content (AvgIpc) is 2.64. The molecule has 0 bridgehead atoms. The van der Waals surface area contributed by atoms with Gasteiger partial charge in [-0.05, 0) is 36.8 Å². The molecule has 2 aromatic rings. The van der Waals surface area contributed by atoms with Crippen molar-refractivity contribution in [2.24, 2.45) is 0 Å². The highest BCUT2D eigenvalue weighted by Crippen LogP contribution is 2.34. The fourth-order valence-corrected chi connectivity index (χ4v) is 3.74. The lowest BCUT2D eigenvalue weighted by Gasteiger charge is -2.28. The van der Waals surface area contributed by atoms with Crippen LogP contribution < -0.4 is 15.0 Å². The molecule has 0 aromatic heterocycles. The fraction of sp³-hybridized carbons (Fsp3) is 0.263. The number of halogens is 2. The largest absolute Gasteiger partial charge is 0.435 e. The number of ether oxygens (including phenoxy) is 1. The second-order valence-electron chi connectivity index (χ2n) is 5.98. The van der Waals surface area contributed by atoms with Gasteiger partial charge in [-0.1, -0.05) is 24.3 Å². The number of rotatable bonds is 6. The first kappa shape index (κ1) is 19.2. The van der Waals surface area contributed by atoms with E-state index in [1.165, 1.54) is 28.8 Å². The summed E-state index contributed by atoms with van der Waals surface area (Å²) in [4.78, 5) is 27.1. The number of para-hydroxylation sites is 1. The van der Waals surface area contributed by atoms with E-state index >= 15 is 0 Å². The first-order chi connectivity index (χ1) is 12.9. The Morgan fingerprint density at radius 3 is 2.81 bits per heavy atom. The third-order valence-corrected chi connectivity index (χ3v) is 5.12. The summed E-state index contributed by atoms with van der Waals surface area (Å²) in [5.74, 6) is -0.153. The van der Waals surface area contributed by atoms with E-state index in [9.17, 15) is 18.4 Å². The molecule has 2 aromatic carbocycles. The van der Waals surface area contributed by atoms with Gasteiger partial charge in [0, 0.05) is 4.90 Å². The van der Waals surface area contributed by atoms with Gasteiger partial charge in [0.1, 0.15) is 12.3 Å². The Labute approximate surface area is 159 Å². The molecule has 3 rings (SSSR count). The summed E-state index contributed by atoms with van der Waals surface area (Å²) in [5, 5.41) is 2.79. The zero-order valence-electron chi connectivity index (χ0n) is 14.5. The smallest absolute Gasteiger partial charge is 0.387 e. The van der Waals surface area contributed by atoms with E-state index < -0.39 is 12.7 Å². The number of alkyl halides is 2. The molecule has 1 unspecified atom stereocenters. The zero-order valence-corrected chi connectivity index (χ0v) is 15.3. The fourth-order valence-electron chi connectivity index (χ4n) is 2.80. The maximum absolute atomic E-state index is 12.5. The van der Waals surface area contributed by atoms with Gasteiger partial charge in [-0.15, -0.1) is 11.8 Å². The van der Waals surface area contributed by atoms with Crippen molar-refractivity contribution in [1.29, 1.82) is 0 Å². The van der Waals surface area contributed by atoms with E-state index in [2.05, 4.69) is 10.1 Å². The Balaban J connectivity index is 1.66. The number of hydrogen-bond donors (Lipinski definition) is 1. The predicted molar refractivity (Wildman–Crippen MR) is 99.2 cm³/mol. The van der Waals surface area contributed by atoms with Crippen molar-refractivity contribution < 1.29 is 23.1 Å². The number of nitrogens with one attached hydrogen (secondary N) is 1. The predicted octanol–water partition coefficient (Wildman–Crippen LogP) is 3.60. The standard InChI is InChI=1S/C19H18F2N2O3S/c1-12(13-5-4-6-14(9-13)26-19(20)21)22-17(24)10-23-15-7-2-3-8-16(15)27-11-18(23)25/h2-9,12,19H,10-11H2,1H3,(H,22,24). The molecular formula is C19H18F2N2O3S. The molecule has 0 saturated heterocycles. The molecule has 1 atom stereocenters. The van der Waals surface area contributed by atoms with Crippen molar-refractivity contribution in [3.05, 3.63) is 54.1 Å². The zero-order chi connectivity index (χ0) is 19.4. The van der Waals surface area contributed by atoms with Crippen LogP contribution in [0.4, 0.5) is 14.5 Å². The molecule has 1 heterocycles. The Kier molecular flexibility index (Phi) is 5.95. The van der Waals surface area contributed by atoms with Crippen molar-refractivity contribution in [3.8, 4) is 5.75 Å². The second-order valence-corrected chi connectivity index (χ2v) is 6.99. The van der Waals surface area contributed by atoms with E-state index in [1.54, 1.807) is 25.1 Å². The lowest BCUT2D eigenvalue weighted by Crippen LogP contribution is -2.43. The van der Waals surface area contributed by atoms with Crippen LogP contribution in [0.15, 0.2) is 53.4 Å². The molecule has 142 valence electrons. The first-order valence-electron chi connectivity index (χ1n) is 8.30. The molecule has 5 nitrogen and oxygen atoms in total. The molecule has 0 saturated carbocycles. The SMILES string of the molecule is CC(NC(=O)CN1C(=O)CSc2ccccc21)c1cccc(OC(F)F)c1. The van der Waals surface area contributed by atoms with Gasteiger partial charge in [0.2, 0.25) is 11.8 Å². The van der Waals surface area contributed by atoms with Crippen LogP contribution in [0.1, 0.15) is 18.5 Å². The number of nitrogens with zero attached hydrogens (tertiary/aromatic N) is 1. The van der Waals surface area contributed by atoms with Crippen molar-refractivity contribution in [2.75, 3.05) is 17.2 Å². The molecular weight excluding hydrogens is 374 g/mol. The summed E-state index contributed by atoms with van der Waals surface area (Å²) < 4.78 is 29.1. The molecule has 1 aliphatic heterocycles. The molecule has 0 aliphatic carbocycles. The third kappa shape index (κ3) is 4.77. The van der Waals surface area contributed by atoms with E-state index in [0.717, 1.165) is 4.90 Å². The van der Waals surface area contributed by atoms with Gasteiger partial charge in [-0.2, -0.15) is 8.78 Å². The normalized spacial score (nSPS) is 14.7. The molecule has 0 spiro atoms. The molecule has 0 radical (unpaired) electrons. The van der Waals surface area contributed by atoms with Crippen molar-refractivity contribution in [2.45, 2.75) is 24.5 Å². The molecule has 27 heavy (non-hydrogen) atoms. The number of benzene rings is 2. The molecule has 2 amide bonds. The topological polar surface area (TPSA) is 58.6 Å². The Morgan fingerprint density at radius 1 is 1.26 bits per heavy atom. The summed E-state index contributed by atoms with van der Waals surface area (Å²) in [6.07, 6.45) is 0. The number of anilines is 1. The lowest BCUT2D eigenvalue weighted by atomic mass is 10.1. The monoisotopic (exact) mass is 392 g/mol. The van der Waals surface area contributed by atoms with Crippen LogP contribution in [-0.2, 0) is 9.59 Å². The Bertz CT molecular complexity index is 847. The van der Waals surface area contributed by atoms with Crippen molar-refractivity contribution >= 4 is 29.3 Å². The van der Waals surface area contributed by atoms with Crippen LogP contribution in [0.5, 0.6) is 5.75 Å². The molecule has 1 aliphatic rings. The van der Waals surface area contributed by atoms with Gasteiger partial charge < -0.3 is 15.0 Å². The quantitative estimate of drug-likeness (QED) is 0.816. The van der Waals surface area contributed by atoms with Crippen LogP contribution in [-0.4, -0.2) is 30.7 Å². The van der Waals surface area contributed by atoms with E-state index in [4.69, 9.17) is 0 Å². The van der Waals surface area contributed by atoms with Gasteiger partial charge in [-0.3, -0.25) is 9.59 Å². The molecule has 8 heteroatoms. The molecule has 0 fully saturated rings. The van der Waals surface area contributed by atoms with Crippen LogP contribution in [0.25, 0.3) is 0 Å². The van der Waals surface area contributed by atoms with Crippen molar-refractivity contribution in [3.63, 3.8) is 0 Å². The number of carbonyl (C=O) groups excluding carboxylic acids is 2. The highest BCUT2D eigenvalue weighted by Gasteiger charge is 2.26. The first-order valence-corrected chi connectivity index (χ1v) is 9.29. The van der Waals surface area contributed by atoms with Gasteiger partial charge in [0.05, 0.1) is 17.5 Å². The number of carbonyl (C=O) groups is 2. The lowest BCUT2D eigenvalue weighted by molar-refractivity contribution is -0.123. The highest BCUT2D eigenvalue weighted by atomic mass is 32.2. The Hall–Kier alpha value is -2.61. The minimum absolute atomic E-state index is 0.0285. The number of fused-ring (bicyclic) bond motifs is 1. The van der Waals surface area contributed by atoms with E-state index in [1.807, 2.05) is 18.2 Å². The van der Waals surface area contributed by atoms with Crippen LogP contribution in [0, 0.1) is 0 Å². The molecule has 1 N–H and O–H groups in total. The third-order valence-electron chi connectivity index (χ3n) is 4.07. The number of thioether (sulfide) groups is 1. The van der Waals surface area contributed by atoms with E-state index in [-0.39, 0.29) is 29.9 Å². The maximum atomic E-state index is 12.5. The van der Waals surface area contributed by atoms with E-state index in [0.29, 0.717) is 11.3 Å². The van der Waals surface area contributed by atoms with Crippen LogP contribution >= 0.6 is 11.8 Å². The Morgan fingerprint density at radius 2 is 2.04 bits per heavy atom. The minimum Gasteiger partial charge on any atom is -0.435 e. The number of hydrogen-bond acceptors (Lipinski definition) is 4. The maximum Gasteiger partial charge on any atom is 0.387 e. The summed E-state index contributed by atoms with van der Waals surface area (Å²) in [6, 6.07) is 13.2. The second kappa shape index (κ2) is 8.39. The summed E-state index contributed by atoms with van der Waals surface area (Å²) >= 11 is 1.45. The summed E-state index contributed by atoms with van der Waals surface area (Å²) in [6.45, 7) is -1.27. The highest BCUT2D eigenvalue weighted by molar-refractivity contribution is 8.00. The van der Waals surface area contributed by atoms with Crippen molar-refractivity contribution in [1.82, 2.24) is 5.32 Å². The summed E-state index contributed by atoms with van der Waals surface area (Å²) in [7, 11) is 0. The average molecular weight is 392 g/mol. The van der Waals surface area contributed by atoms with Crippen LogP contribution in [0.2, 0.25) is 0 Å². The van der Waals surface area contributed by atoms with Gasteiger partial charge in [0.15, 0.2) is 0 Å². The summed E-state index contributed by atoms with van der Waals surface area (Å²) in [5.41, 5.74) is 1.34. The number of amides is 2. The van der Waals surface area contributed by atoms with Gasteiger partial charge in [-0.25, -0.2) is 0 Å². The minimum atomic E-state index is -2.91. The van der Waals surface area contributed by atoms with Gasteiger partial charge >= 0.3 is 6.61 Å². The van der Waals surface area contributed by atoms with Crippen LogP contribution in [0.3, 0.4) is 0 Å².